The Kier molecular flexibility index (Phi) is 5.64. The Balaban J connectivity index is 1.91. The SMILES string of the molecule is CCOC1CC(N)(C(=O)NCC2CCCC2NS(C)(=O)=O)C1(C)C. The zero-order chi connectivity index (χ0) is 18.2. The van der Waals surface area contributed by atoms with E-state index < -0.39 is 21.0 Å². The third kappa shape index (κ3) is 3.76. The van der Waals surface area contributed by atoms with Gasteiger partial charge < -0.3 is 15.8 Å². The fourth-order valence-electron chi connectivity index (χ4n) is 3.91. The first kappa shape index (κ1) is 19.6. The molecule has 8 heteroatoms. The molecular weight excluding hydrogens is 330 g/mol. The van der Waals surface area contributed by atoms with Crippen molar-refractivity contribution in [1.29, 1.82) is 0 Å². The number of hydrogen-bond acceptors (Lipinski definition) is 5. The highest BCUT2D eigenvalue weighted by molar-refractivity contribution is 7.88. The zero-order valence-electron chi connectivity index (χ0n) is 15.1. The van der Waals surface area contributed by atoms with Crippen LogP contribution in [0.3, 0.4) is 0 Å². The Bertz CT molecular complexity index is 578. The topological polar surface area (TPSA) is 111 Å². The first-order valence-corrected chi connectivity index (χ1v) is 10.6. The number of ether oxygens (including phenoxy) is 1. The van der Waals surface area contributed by atoms with Gasteiger partial charge in [0, 0.05) is 31.0 Å². The van der Waals surface area contributed by atoms with E-state index in [2.05, 4.69) is 10.0 Å². The van der Waals surface area contributed by atoms with Crippen LogP contribution in [-0.4, -0.2) is 51.4 Å². The molecular formula is C16H31N3O4S. The van der Waals surface area contributed by atoms with E-state index in [4.69, 9.17) is 10.5 Å². The summed E-state index contributed by atoms with van der Waals surface area (Å²) < 4.78 is 31.2. The van der Waals surface area contributed by atoms with Crippen molar-refractivity contribution < 1.29 is 17.9 Å². The molecule has 2 aliphatic rings. The van der Waals surface area contributed by atoms with Crippen molar-refractivity contribution in [2.75, 3.05) is 19.4 Å². The highest BCUT2D eigenvalue weighted by Crippen LogP contribution is 2.49. The number of nitrogens with one attached hydrogen (secondary N) is 2. The molecule has 4 N–H and O–H groups in total. The van der Waals surface area contributed by atoms with Crippen molar-refractivity contribution in [3.05, 3.63) is 0 Å². The van der Waals surface area contributed by atoms with Crippen LogP contribution in [0.4, 0.5) is 0 Å². The molecule has 0 aromatic carbocycles. The Morgan fingerprint density at radius 1 is 1.33 bits per heavy atom. The monoisotopic (exact) mass is 361 g/mol. The number of carbonyl (C=O) groups excluding carboxylic acids is 1. The van der Waals surface area contributed by atoms with E-state index in [0.717, 1.165) is 19.3 Å². The zero-order valence-corrected chi connectivity index (χ0v) is 15.9. The van der Waals surface area contributed by atoms with Gasteiger partial charge in [-0.2, -0.15) is 0 Å². The average Bonchev–Trinajstić information content (AvgIpc) is 2.89. The summed E-state index contributed by atoms with van der Waals surface area (Å²) in [5, 5.41) is 2.95. The van der Waals surface area contributed by atoms with Gasteiger partial charge in [0.25, 0.3) is 0 Å². The van der Waals surface area contributed by atoms with Crippen LogP contribution in [0.25, 0.3) is 0 Å². The fraction of sp³-hybridized carbons (Fsp3) is 0.938. The van der Waals surface area contributed by atoms with Crippen molar-refractivity contribution in [2.24, 2.45) is 17.1 Å². The summed E-state index contributed by atoms with van der Waals surface area (Å²) in [5.74, 6) is -0.0633. The molecule has 24 heavy (non-hydrogen) atoms. The smallest absolute Gasteiger partial charge is 0.240 e. The minimum absolute atomic E-state index is 0.00983. The lowest BCUT2D eigenvalue weighted by molar-refractivity contribution is -0.170. The van der Waals surface area contributed by atoms with Crippen molar-refractivity contribution in [1.82, 2.24) is 10.0 Å². The van der Waals surface area contributed by atoms with Crippen LogP contribution in [0.15, 0.2) is 0 Å². The maximum Gasteiger partial charge on any atom is 0.240 e. The summed E-state index contributed by atoms with van der Waals surface area (Å²) in [7, 11) is -3.24. The number of hydrogen-bond donors (Lipinski definition) is 3. The molecule has 7 nitrogen and oxygen atoms in total. The first-order valence-electron chi connectivity index (χ1n) is 8.67. The lowest BCUT2D eigenvalue weighted by Crippen LogP contribution is -2.76. The summed E-state index contributed by atoms with van der Waals surface area (Å²) in [6, 6.07) is -0.111. The van der Waals surface area contributed by atoms with Gasteiger partial charge in [0.15, 0.2) is 0 Å². The molecule has 2 rings (SSSR count). The van der Waals surface area contributed by atoms with E-state index in [1.54, 1.807) is 0 Å². The van der Waals surface area contributed by atoms with Crippen LogP contribution in [-0.2, 0) is 19.6 Å². The molecule has 0 aromatic heterocycles. The second-order valence-electron chi connectivity index (χ2n) is 7.74. The van der Waals surface area contributed by atoms with Crippen LogP contribution in [0.5, 0.6) is 0 Å². The average molecular weight is 362 g/mol. The Morgan fingerprint density at radius 2 is 2.00 bits per heavy atom. The van der Waals surface area contributed by atoms with Crippen LogP contribution < -0.4 is 15.8 Å². The predicted octanol–water partition coefficient (Wildman–Crippen LogP) is 0.353. The van der Waals surface area contributed by atoms with Crippen molar-refractivity contribution in [3.8, 4) is 0 Å². The minimum atomic E-state index is -3.24. The summed E-state index contributed by atoms with van der Waals surface area (Å²) in [6.07, 6.45) is 4.33. The predicted molar refractivity (Wildman–Crippen MR) is 92.8 cm³/mol. The van der Waals surface area contributed by atoms with Gasteiger partial charge in [0.1, 0.15) is 5.54 Å². The molecule has 4 atom stereocenters. The summed E-state index contributed by atoms with van der Waals surface area (Å²) in [6.45, 7) is 6.90. The van der Waals surface area contributed by atoms with Crippen molar-refractivity contribution in [2.45, 2.75) is 64.1 Å². The summed E-state index contributed by atoms with van der Waals surface area (Å²) >= 11 is 0. The summed E-state index contributed by atoms with van der Waals surface area (Å²) in [4.78, 5) is 12.6. The Morgan fingerprint density at radius 3 is 2.54 bits per heavy atom. The van der Waals surface area contributed by atoms with Gasteiger partial charge in [-0.15, -0.1) is 0 Å². The fourth-order valence-corrected chi connectivity index (χ4v) is 4.77. The number of nitrogens with two attached hydrogens (primary N) is 1. The normalized spacial score (nSPS) is 35.5. The van der Waals surface area contributed by atoms with E-state index in [-0.39, 0.29) is 24.0 Å². The van der Waals surface area contributed by atoms with E-state index >= 15 is 0 Å². The molecule has 0 bridgehead atoms. The highest BCUT2D eigenvalue weighted by atomic mass is 32.2. The number of carbonyl (C=O) groups is 1. The molecule has 0 heterocycles. The van der Waals surface area contributed by atoms with Crippen LogP contribution in [0.1, 0.15) is 46.5 Å². The lowest BCUT2D eigenvalue weighted by atomic mass is 9.54. The molecule has 0 saturated heterocycles. The third-order valence-electron chi connectivity index (χ3n) is 5.78. The third-order valence-corrected chi connectivity index (χ3v) is 6.52. The van der Waals surface area contributed by atoms with Crippen LogP contribution in [0, 0.1) is 11.3 Å². The number of rotatable bonds is 7. The van der Waals surface area contributed by atoms with E-state index in [1.807, 2.05) is 20.8 Å². The molecule has 2 fully saturated rings. The van der Waals surface area contributed by atoms with Crippen LogP contribution >= 0.6 is 0 Å². The molecule has 0 radical (unpaired) electrons. The largest absolute Gasteiger partial charge is 0.378 e. The molecule has 0 aliphatic heterocycles. The second-order valence-corrected chi connectivity index (χ2v) is 9.52. The highest BCUT2D eigenvalue weighted by Gasteiger charge is 2.62. The minimum Gasteiger partial charge on any atom is -0.378 e. The Labute approximate surface area is 145 Å². The van der Waals surface area contributed by atoms with Crippen molar-refractivity contribution in [3.63, 3.8) is 0 Å². The Hall–Kier alpha value is -0.700. The lowest BCUT2D eigenvalue weighted by Gasteiger charge is -2.57. The van der Waals surface area contributed by atoms with Gasteiger partial charge in [0.05, 0.1) is 12.4 Å². The van der Waals surface area contributed by atoms with E-state index in [0.29, 0.717) is 19.6 Å². The van der Waals surface area contributed by atoms with Gasteiger partial charge in [-0.25, -0.2) is 13.1 Å². The number of sulfonamides is 1. The number of amides is 1. The second kappa shape index (κ2) is 6.90. The molecule has 0 aromatic rings. The van der Waals surface area contributed by atoms with Gasteiger partial charge >= 0.3 is 0 Å². The molecule has 1 amide bonds. The van der Waals surface area contributed by atoms with Gasteiger partial charge in [-0.3, -0.25) is 4.79 Å². The molecule has 140 valence electrons. The maximum atomic E-state index is 12.6. The molecule has 2 saturated carbocycles. The standard InChI is InChI=1S/C16H31N3O4S/c1-5-23-13-9-16(17,15(13,2)3)14(20)18-10-11-7-6-8-12(11)19-24(4,21)22/h11-13,19H,5-10,17H2,1-4H3,(H,18,20). The van der Waals surface area contributed by atoms with E-state index in [9.17, 15) is 13.2 Å². The van der Waals surface area contributed by atoms with Gasteiger partial charge in [0.2, 0.25) is 15.9 Å². The van der Waals surface area contributed by atoms with Crippen LogP contribution in [0.2, 0.25) is 0 Å². The van der Waals surface area contributed by atoms with Gasteiger partial charge in [-0.05, 0) is 25.7 Å². The molecule has 4 unspecified atom stereocenters. The first-order chi connectivity index (χ1) is 11.0. The van der Waals surface area contributed by atoms with E-state index in [1.165, 1.54) is 6.26 Å². The molecule has 2 aliphatic carbocycles. The quantitative estimate of drug-likeness (QED) is 0.606. The molecule has 0 spiro atoms. The van der Waals surface area contributed by atoms with Gasteiger partial charge in [-0.1, -0.05) is 20.3 Å². The maximum absolute atomic E-state index is 12.6. The van der Waals surface area contributed by atoms with Crippen molar-refractivity contribution >= 4 is 15.9 Å². The summed E-state index contributed by atoms with van der Waals surface area (Å²) in [5.41, 5.74) is 5.00.